The smallest absolute Gasteiger partial charge is 0.163 e. The van der Waals surface area contributed by atoms with Gasteiger partial charge in [-0.05, 0) is 32.0 Å². The SMILES string of the molecule is CC(=O)c1cc(N)ccc1OCC(C)O. The number of nitrogens with two attached hydrogens (primary N) is 1. The Kier molecular flexibility index (Phi) is 3.68. The number of hydrogen-bond acceptors (Lipinski definition) is 4. The fourth-order valence-electron chi connectivity index (χ4n) is 1.16. The van der Waals surface area contributed by atoms with E-state index in [1.807, 2.05) is 0 Å². The van der Waals surface area contributed by atoms with E-state index in [0.717, 1.165) is 0 Å². The first-order valence-electron chi connectivity index (χ1n) is 4.72. The second-order valence-corrected chi connectivity index (χ2v) is 3.47. The molecular weight excluding hydrogens is 194 g/mol. The van der Waals surface area contributed by atoms with Gasteiger partial charge in [-0.15, -0.1) is 0 Å². The van der Waals surface area contributed by atoms with Crippen LogP contribution in [0.1, 0.15) is 24.2 Å². The largest absolute Gasteiger partial charge is 0.490 e. The van der Waals surface area contributed by atoms with Gasteiger partial charge in [-0.3, -0.25) is 4.79 Å². The van der Waals surface area contributed by atoms with E-state index in [9.17, 15) is 4.79 Å². The van der Waals surface area contributed by atoms with E-state index in [4.69, 9.17) is 15.6 Å². The summed E-state index contributed by atoms with van der Waals surface area (Å²) in [5, 5.41) is 9.06. The molecule has 0 saturated heterocycles. The predicted octanol–water partition coefficient (Wildman–Crippen LogP) is 1.23. The van der Waals surface area contributed by atoms with Crippen molar-refractivity contribution in [3.8, 4) is 5.75 Å². The number of ether oxygens (including phenoxy) is 1. The van der Waals surface area contributed by atoms with Crippen LogP contribution in [0.25, 0.3) is 0 Å². The van der Waals surface area contributed by atoms with Gasteiger partial charge in [0.15, 0.2) is 5.78 Å². The van der Waals surface area contributed by atoms with Gasteiger partial charge >= 0.3 is 0 Å². The molecule has 0 amide bonds. The number of rotatable bonds is 4. The summed E-state index contributed by atoms with van der Waals surface area (Å²) in [5.41, 5.74) is 6.52. The highest BCUT2D eigenvalue weighted by molar-refractivity contribution is 5.97. The third kappa shape index (κ3) is 3.25. The number of carbonyl (C=O) groups is 1. The number of carbonyl (C=O) groups excluding carboxylic acids is 1. The van der Waals surface area contributed by atoms with Crippen LogP contribution in [0.4, 0.5) is 5.69 Å². The molecule has 1 aromatic rings. The van der Waals surface area contributed by atoms with Crippen LogP contribution >= 0.6 is 0 Å². The van der Waals surface area contributed by atoms with Crippen LogP contribution in [-0.2, 0) is 0 Å². The molecule has 15 heavy (non-hydrogen) atoms. The molecule has 1 aromatic carbocycles. The van der Waals surface area contributed by atoms with Crippen LogP contribution in [-0.4, -0.2) is 23.6 Å². The molecule has 3 N–H and O–H groups in total. The molecule has 1 atom stereocenters. The zero-order valence-electron chi connectivity index (χ0n) is 8.86. The first-order chi connectivity index (χ1) is 7.00. The van der Waals surface area contributed by atoms with Gasteiger partial charge in [0, 0.05) is 5.69 Å². The molecule has 0 aliphatic rings. The van der Waals surface area contributed by atoms with Gasteiger partial charge in [-0.2, -0.15) is 0 Å². The van der Waals surface area contributed by atoms with Crippen molar-refractivity contribution in [2.75, 3.05) is 12.3 Å². The molecule has 4 nitrogen and oxygen atoms in total. The molecule has 0 aromatic heterocycles. The van der Waals surface area contributed by atoms with E-state index in [1.165, 1.54) is 6.92 Å². The lowest BCUT2D eigenvalue weighted by Crippen LogP contribution is -2.14. The predicted molar refractivity (Wildman–Crippen MR) is 58.0 cm³/mol. The number of aliphatic hydroxyl groups is 1. The van der Waals surface area contributed by atoms with Crippen LogP contribution < -0.4 is 10.5 Å². The van der Waals surface area contributed by atoms with Crippen molar-refractivity contribution >= 4 is 11.5 Å². The highest BCUT2D eigenvalue weighted by atomic mass is 16.5. The number of anilines is 1. The Morgan fingerprint density at radius 2 is 2.27 bits per heavy atom. The minimum atomic E-state index is -0.567. The van der Waals surface area contributed by atoms with E-state index in [-0.39, 0.29) is 12.4 Å². The Bertz CT molecular complexity index is 361. The molecule has 1 unspecified atom stereocenters. The molecule has 1 rings (SSSR count). The zero-order valence-corrected chi connectivity index (χ0v) is 8.86. The maximum atomic E-state index is 11.3. The lowest BCUT2D eigenvalue weighted by Gasteiger charge is -2.11. The van der Waals surface area contributed by atoms with Gasteiger partial charge in [-0.25, -0.2) is 0 Å². The van der Waals surface area contributed by atoms with Crippen LogP contribution in [0.2, 0.25) is 0 Å². The average molecular weight is 209 g/mol. The minimum absolute atomic E-state index is 0.108. The highest BCUT2D eigenvalue weighted by Gasteiger charge is 2.09. The number of hydrogen-bond donors (Lipinski definition) is 2. The summed E-state index contributed by atoms with van der Waals surface area (Å²) in [4.78, 5) is 11.3. The van der Waals surface area contributed by atoms with Crippen LogP contribution in [0.15, 0.2) is 18.2 Å². The molecule has 0 aliphatic heterocycles. The monoisotopic (exact) mass is 209 g/mol. The van der Waals surface area contributed by atoms with Gasteiger partial charge in [0.25, 0.3) is 0 Å². The van der Waals surface area contributed by atoms with Gasteiger partial charge in [-0.1, -0.05) is 0 Å². The molecule has 0 saturated carbocycles. The Morgan fingerprint density at radius 1 is 1.60 bits per heavy atom. The summed E-state index contributed by atoms with van der Waals surface area (Å²) < 4.78 is 5.29. The Labute approximate surface area is 88.7 Å². The van der Waals surface area contributed by atoms with Crippen LogP contribution in [0.3, 0.4) is 0 Å². The Morgan fingerprint density at radius 3 is 2.80 bits per heavy atom. The van der Waals surface area contributed by atoms with E-state index < -0.39 is 6.10 Å². The third-order valence-corrected chi connectivity index (χ3v) is 1.86. The average Bonchev–Trinajstić information content (AvgIpc) is 2.15. The standard InChI is InChI=1S/C11H15NO3/c1-7(13)6-15-11-4-3-9(12)5-10(11)8(2)14/h3-5,7,13H,6,12H2,1-2H3. The summed E-state index contributed by atoms with van der Waals surface area (Å²) in [6.45, 7) is 3.22. The van der Waals surface area contributed by atoms with Crippen molar-refractivity contribution in [3.05, 3.63) is 23.8 Å². The fraction of sp³-hybridized carbons (Fsp3) is 0.364. The van der Waals surface area contributed by atoms with E-state index in [1.54, 1.807) is 25.1 Å². The lowest BCUT2D eigenvalue weighted by molar-refractivity contribution is 0.0995. The Hall–Kier alpha value is -1.55. The summed E-state index contributed by atoms with van der Waals surface area (Å²) in [6.07, 6.45) is -0.567. The van der Waals surface area contributed by atoms with Crippen LogP contribution in [0.5, 0.6) is 5.75 Å². The molecule has 0 radical (unpaired) electrons. The first kappa shape index (κ1) is 11.5. The summed E-state index contributed by atoms with van der Waals surface area (Å²) in [6, 6.07) is 4.86. The molecule has 0 spiro atoms. The van der Waals surface area contributed by atoms with E-state index >= 15 is 0 Å². The van der Waals surface area contributed by atoms with Gasteiger partial charge in [0.2, 0.25) is 0 Å². The summed E-state index contributed by atoms with van der Waals surface area (Å²) in [7, 11) is 0. The molecular formula is C11H15NO3. The fourth-order valence-corrected chi connectivity index (χ4v) is 1.16. The molecule has 82 valence electrons. The number of Topliss-reactive ketones (excluding diaryl/α,β-unsaturated/α-hetero) is 1. The second-order valence-electron chi connectivity index (χ2n) is 3.47. The maximum absolute atomic E-state index is 11.3. The second kappa shape index (κ2) is 4.79. The summed E-state index contributed by atoms with van der Waals surface area (Å²) >= 11 is 0. The normalized spacial score (nSPS) is 12.2. The van der Waals surface area contributed by atoms with Crippen molar-refractivity contribution in [2.45, 2.75) is 20.0 Å². The molecule has 0 fully saturated rings. The van der Waals surface area contributed by atoms with Crippen LogP contribution in [0, 0.1) is 0 Å². The van der Waals surface area contributed by atoms with Gasteiger partial charge in [0.05, 0.1) is 11.7 Å². The molecule has 4 heteroatoms. The quantitative estimate of drug-likeness (QED) is 0.578. The number of ketones is 1. The Balaban J connectivity index is 2.91. The van der Waals surface area contributed by atoms with Crippen molar-refractivity contribution in [1.82, 2.24) is 0 Å². The highest BCUT2D eigenvalue weighted by Crippen LogP contribution is 2.22. The zero-order chi connectivity index (χ0) is 11.4. The van der Waals surface area contributed by atoms with Gasteiger partial charge in [0.1, 0.15) is 12.4 Å². The minimum Gasteiger partial charge on any atom is -0.490 e. The van der Waals surface area contributed by atoms with Crippen molar-refractivity contribution < 1.29 is 14.6 Å². The van der Waals surface area contributed by atoms with E-state index in [2.05, 4.69) is 0 Å². The topological polar surface area (TPSA) is 72.6 Å². The van der Waals surface area contributed by atoms with Crippen molar-refractivity contribution in [1.29, 1.82) is 0 Å². The van der Waals surface area contributed by atoms with Crippen molar-refractivity contribution in [2.24, 2.45) is 0 Å². The number of benzene rings is 1. The maximum Gasteiger partial charge on any atom is 0.163 e. The number of nitrogen functional groups attached to an aromatic ring is 1. The molecule has 0 bridgehead atoms. The van der Waals surface area contributed by atoms with Gasteiger partial charge < -0.3 is 15.6 Å². The third-order valence-electron chi connectivity index (χ3n) is 1.86. The summed E-state index contributed by atoms with van der Waals surface area (Å²) in [5.74, 6) is 0.348. The molecule has 0 aliphatic carbocycles. The van der Waals surface area contributed by atoms with E-state index in [0.29, 0.717) is 17.0 Å². The number of aliphatic hydroxyl groups excluding tert-OH is 1. The molecule has 0 heterocycles. The van der Waals surface area contributed by atoms with Crippen molar-refractivity contribution in [3.63, 3.8) is 0 Å². The lowest BCUT2D eigenvalue weighted by atomic mass is 10.1. The first-order valence-corrected chi connectivity index (χ1v) is 4.72.